The van der Waals surface area contributed by atoms with Crippen molar-refractivity contribution in [1.29, 1.82) is 5.26 Å². The van der Waals surface area contributed by atoms with Gasteiger partial charge in [0, 0.05) is 12.2 Å². The number of hydrogen-bond donors (Lipinski definition) is 0. The minimum Gasteiger partial charge on any atom is -0.272 e. The van der Waals surface area contributed by atoms with E-state index in [1.165, 1.54) is 0 Å². The van der Waals surface area contributed by atoms with E-state index in [2.05, 4.69) is 11.2 Å². The van der Waals surface area contributed by atoms with Crippen LogP contribution in [-0.4, -0.2) is 28.9 Å². The van der Waals surface area contributed by atoms with Crippen LogP contribution in [0.15, 0.2) is 59.7 Å². The smallest absolute Gasteiger partial charge is 0.252 e. The third-order valence-corrected chi connectivity index (χ3v) is 4.74. The first-order chi connectivity index (χ1) is 11.8. The van der Waals surface area contributed by atoms with Crippen LogP contribution in [0.1, 0.15) is 23.1 Å². The molecule has 0 saturated heterocycles. The topological polar surface area (TPSA) is 56.5 Å². The van der Waals surface area contributed by atoms with Gasteiger partial charge in [-0.15, -0.1) is 11.8 Å². The van der Waals surface area contributed by atoms with Gasteiger partial charge < -0.3 is 0 Å². The van der Waals surface area contributed by atoms with Gasteiger partial charge in [0.05, 0.1) is 29.6 Å². The van der Waals surface area contributed by atoms with Crippen LogP contribution >= 0.6 is 11.8 Å². The Hall–Kier alpha value is -2.58. The Kier molecular flexibility index (Phi) is 5.29. The van der Waals surface area contributed by atoms with Crippen molar-refractivity contribution < 1.29 is 4.79 Å². The third kappa shape index (κ3) is 4.03. The number of hydrazone groups is 1. The zero-order valence-electron chi connectivity index (χ0n) is 13.2. The molecular formula is C19H17N3OS. The number of amides is 1. The van der Waals surface area contributed by atoms with Crippen molar-refractivity contribution in [3.63, 3.8) is 0 Å². The van der Waals surface area contributed by atoms with E-state index in [9.17, 15) is 4.79 Å². The largest absolute Gasteiger partial charge is 0.272 e. The van der Waals surface area contributed by atoms with Crippen molar-refractivity contribution in [1.82, 2.24) is 5.01 Å². The number of benzene rings is 2. The van der Waals surface area contributed by atoms with E-state index in [1.54, 1.807) is 22.8 Å². The summed E-state index contributed by atoms with van der Waals surface area (Å²) in [5.41, 5.74) is 3.75. The molecule has 0 aliphatic carbocycles. The highest BCUT2D eigenvalue weighted by Crippen LogP contribution is 2.17. The second-order valence-electron chi connectivity index (χ2n) is 5.48. The minimum atomic E-state index is 0.0300. The predicted octanol–water partition coefficient (Wildman–Crippen LogP) is 3.43. The molecule has 0 fully saturated rings. The zero-order valence-corrected chi connectivity index (χ0v) is 14.0. The molecule has 0 unspecified atom stereocenters. The van der Waals surface area contributed by atoms with E-state index >= 15 is 0 Å². The van der Waals surface area contributed by atoms with E-state index in [4.69, 9.17) is 5.26 Å². The van der Waals surface area contributed by atoms with Gasteiger partial charge in [0.2, 0.25) is 0 Å². The van der Waals surface area contributed by atoms with Gasteiger partial charge >= 0.3 is 0 Å². The number of nitriles is 1. The first kappa shape index (κ1) is 16.3. The van der Waals surface area contributed by atoms with Crippen LogP contribution in [0.2, 0.25) is 0 Å². The van der Waals surface area contributed by atoms with Crippen molar-refractivity contribution in [2.24, 2.45) is 5.10 Å². The van der Waals surface area contributed by atoms with Crippen molar-refractivity contribution in [2.75, 3.05) is 12.3 Å². The fourth-order valence-electron chi connectivity index (χ4n) is 2.53. The molecule has 0 spiro atoms. The van der Waals surface area contributed by atoms with Crippen LogP contribution in [-0.2, 0) is 10.5 Å². The summed E-state index contributed by atoms with van der Waals surface area (Å²) in [6.07, 6.45) is 0.796. The number of nitrogens with zero attached hydrogens (tertiary/aromatic N) is 3. The van der Waals surface area contributed by atoms with Crippen molar-refractivity contribution in [2.45, 2.75) is 12.2 Å². The monoisotopic (exact) mass is 335 g/mol. The van der Waals surface area contributed by atoms with E-state index in [1.807, 2.05) is 48.5 Å². The Labute approximate surface area is 145 Å². The van der Waals surface area contributed by atoms with Gasteiger partial charge in [0.15, 0.2) is 0 Å². The predicted molar refractivity (Wildman–Crippen MR) is 96.6 cm³/mol. The first-order valence-electron chi connectivity index (χ1n) is 7.76. The molecule has 0 saturated carbocycles. The lowest BCUT2D eigenvalue weighted by atomic mass is 10.1. The lowest BCUT2D eigenvalue weighted by molar-refractivity contribution is -0.127. The first-order valence-corrected chi connectivity index (χ1v) is 8.92. The molecule has 0 radical (unpaired) electrons. The van der Waals surface area contributed by atoms with Gasteiger partial charge in [-0.25, -0.2) is 5.01 Å². The highest BCUT2D eigenvalue weighted by Gasteiger charge is 2.21. The van der Waals surface area contributed by atoms with Gasteiger partial charge in [0.25, 0.3) is 5.91 Å². The average molecular weight is 335 g/mol. The minimum absolute atomic E-state index is 0.0300. The Morgan fingerprint density at radius 3 is 2.83 bits per heavy atom. The number of carbonyl (C=O) groups excluding carboxylic acids is 1. The van der Waals surface area contributed by atoms with Crippen LogP contribution in [0.3, 0.4) is 0 Å². The standard InChI is InChI=1S/C19H17N3OS/c20-12-15-5-4-6-16(11-15)13-24-14-19(23)22-10-9-18(21-22)17-7-2-1-3-8-17/h1-8,11H,9-10,13-14H2. The quantitative estimate of drug-likeness (QED) is 0.841. The molecule has 3 rings (SSSR count). The summed E-state index contributed by atoms with van der Waals surface area (Å²) in [5, 5.41) is 14.9. The second-order valence-corrected chi connectivity index (χ2v) is 6.47. The molecule has 24 heavy (non-hydrogen) atoms. The summed E-state index contributed by atoms with van der Waals surface area (Å²) in [6, 6.07) is 19.6. The summed E-state index contributed by atoms with van der Waals surface area (Å²) < 4.78 is 0. The Morgan fingerprint density at radius 2 is 2.04 bits per heavy atom. The Morgan fingerprint density at radius 1 is 1.21 bits per heavy atom. The van der Waals surface area contributed by atoms with Gasteiger partial charge in [0.1, 0.15) is 0 Å². The summed E-state index contributed by atoms with van der Waals surface area (Å²) in [6.45, 7) is 0.646. The summed E-state index contributed by atoms with van der Waals surface area (Å²) in [7, 11) is 0. The number of hydrogen-bond acceptors (Lipinski definition) is 4. The molecule has 1 amide bonds. The SMILES string of the molecule is N#Cc1cccc(CSCC(=O)N2CCC(c3ccccc3)=N2)c1. The Balaban J connectivity index is 1.52. The Bertz CT molecular complexity index is 796. The lowest BCUT2D eigenvalue weighted by Gasteiger charge is -2.11. The zero-order chi connectivity index (χ0) is 16.8. The third-order valence-electron chi connectivity index (χ3n) is 3.75. The van der Waals surface area contributed by atoms with Crippen LogP contribution in [0, 0.1) is 11.3 Å². The molecule has 1 aliphatic rings. The summed E-state index contributed by atoms with van der Waals surface area (Å²) in [4.78, 5) is 12.3. The van der Waals surface area contributed by atoms with Crippen LogP contribution in [0.4, 0.5) is 0 Å². The molecule has 1 aliphatic heterocycles. The van der Waals surface area contributed by atoms with Gasteiger partial charge in [-0.1, -0.05) is 42.5 Å². The average Bonchev–Trinajstić information content (AvgIpc) is 3.13. The molecule has 5 heteroatoms. The normalized spacial score (nSPS) is 13.5. The molecule has 0 aromatic heterocycles. The van der Waals surface area contributed by atoms with Gasteiger partial charge in [-0.3, -0.25) is 4.79 Å². The highest BCUT2D eigenvalue weighted by atomic mass is 32.2. The van der Waals surface area contributed by atoms with Crippen LogP contribution in [0.5, 0.6) is 0 Å². The van der Waals surface area contributed by atoms with Crippen molar-refractivity contribution >= 4 is 23.4 Å². The van der Waals surface area contributed by atoms with Crippen LogP contribution in [0.25, 0.3) is 0 Å². The maximum Gasteiger partial charge on any atom is 0.252 e. The molecule has 2 aromatic carbocycles. The summed E-state index contributed by atoms with van der Waals surface area (Å²) in [5.74, 6) is 1.13. The molecule has 0 bridgehead atoms. The molecule has 2 aromatic rings. The van der Waals surface area contributed by atoms with Crippen molar-refractivity contribution in [3.8, 4) is 6.07 Å². The molecular weight excluding hydrogens is 318 g/mol. The lowest BCUT2D eigenvalue weighted by Crippen LogP contribution is -2.25. The van der Waals surface area contributed by atoms with Crippen LogP contribution < -0.4 is 0 Å². The number of carbonyl (C=O) groups is 1. The molecule has 120 valence electrons. The fourth-order valence-corrected chi connectivity index (χ4v) is 3.37. The number of rotatable bonds is 5. The fraction of sp³-hybridized carbons (Fsp3) is 0.211. The molecule has 0 atom stereocenters. The van der Waals surface area contributed by atoms with Crippen molar-refractivity contribution in [3.05, 3.63) is 71.3 Å². The molecule has 0 N–H and O–H groups in total. The highest BCUT2D eigenvalue weighted by molar-refractivity contribution is 7.99. The molecule has 1 heterocycles. The molecule has 4 nitrogen and oxygen atoms in total. The summed E-state index contributed by atoms with van der Waals surface area (Å²) >= 11 is 1.55. The maximum atomic E-state index is 12.3. The van der Waals surface area contributed by atoms with E-state index in [0.717, 1.165) is 23.3 Å². The van der Waals surface area contributed by atoms with E-state index in [-0.39, 0.29) is 5.91 Å². The van der Waals surface area contributed by atoms with E-state index < -0.39 is 0 Å². The van der Waals surface area contributed by atoms with Gasteiger partial charge in [-0.05, 0) is 23.3 Å². The van der Waals surface area contributed by atoms with Gasteiger partial charge in [-0.2, -0.15) is 10.4 Å². The maximum absolute atomic E-state index is 12.3. The second kappa shape index (κ2) is 7.80. The number of thioether (sulfide) groups is 1. The van der Waals surface area contributed by atoms with E-state index in [0.29, 0.717) is 23.6 Å².